The normalized spacial score (nSPS) is 23.6. The number of ether oxygens (including phenoxy) is 1. The van der Waals surface area contributed by atoms with Gasteiger partial charge in [-0.2, -0.15) is 0 Å². The minimum absolute atomic E-state index is 0.109. The third kappa shape index (κ3) is 5.42. The van der Waals surface area contributed by atoms with E-state index >= 15 is 0 Å². The Hall–Kier alpha value is -2.48. The van der Waals surface area contributed by atoms with Crippen LogP contribution in [0.2, 0.25) is 0 Å². The molecular weight excluding hydrogens is 394 g/mol. The van der Waals surface area contributed by atoms with Crippen LogP contribution in [0.1, 0.15) is 62.3 Å². The fourth-order valence-corrected chi connectivity index (χ4v) is 4.57. The number of nitrogens with zero attached hydrogens (tertiary/aromatic N) is 4. The number of carbonyl (C=O) groups is 1. The Labute approximate surface area is 183 Å². The van der Waals surface area contributed by atoms with Gasteiger partial charge in [0.25, 0.3) is 0 Å². The van der Waals surface area contributed by atoms with Gasteiger partial charge >= 0.3 is 0 Å². The number of amides is 1. The van der Waals surface area contributed by atoms with E-state index in [2.05, 4.69) is 15.5 Å². The van der Waals surface area contributed by atoms with Crippen molar-refractivity contribution in [2.45, 2.75) is 63.9 Å². The van der Waals surface area contributed by atoms with Crippen LogP contribution in [0.5, 0.6) is 0 Å². The first-order valence-corrected chi connectivity index (χ1v) is 11.4. The van der Waals surface area contributed by atoms with Crippen LogP contribution in [0.25, 0.3) is 11.3 Å². The van der Waals surface area contributed by atoms with Gasteiger partial charge in [0.2, 0.25) is 11.9 Å². The van der Waals surface area contributed by atoms with E-state index < -0.39 is 0 Å². The average Bonchev–Trinajstić information content (AvgIpc) is 3.44. The van der Waals surface area contributed by atoms with Gasteiger partial charge in [0.05, 0.1) is 29.5 Å². The fraction of sp³-hybridized carbons (Fsp3) is 0.652. The number of carbonyl (C=O) groups excluding carboxylic acids is 1. The zero-order valence-electron chi connectivity index (χ0n) is 18.8. The van der Waals surface area contributed by atoms with Gasteiger partial charge in [0, 0.05) is 45.4 Å². The van der Waals surface area contributed by atoms with Crippen molar-refractivity contribution in [3.63, 3.8) is 0 Å². The van der Waals surface area contributed by atoms with E-state index in [1.165, 1.54) is 0 Å². The number of anilines is 1. The lowest BCUT2D eigenvalue weighted by Gasteiger charge is -2.29. The third-order valence-electron chi connectivity index (χ3n) is 6.36. The molecule has 1 amide bonds. The third-order valence-corrected chi connectivity index (χ3v) is 6.36. The van der Waals surface area contributed by atoms with Crippen molar-refractivity contribution in [3.8, 4) is 11.3 Å². The molecule has 0 bridgehead atoms. The zero-order chi connectivity index (χ0) is 21.8. The van der Waals surface area contributed by atoms with Crippen LogP contribution in [0.3, 0.4) is 0 Å². The molecule has 168 valence electrons. The highest BCUT2D eigenvalue weighted by Crippen LogP contribution is 2.39. The van der Waals surface area contributed by atoms with Crippen molar-refractivity contribution in [1.29, 1.82) is 0 Å². The smallest absolute Gasteiger partial charge is 0.225 e. The minimum atomic E-state index is 0.109. The predicted octanol–water partition coefficient (Wildman–Crippen LogP) is 3.47. The van der Waals surface area contributed by atoms with Gasteiger partial charge in [-0.3, -0.25) is 4.79 Å². The van der Waals surface area contributed by atoms with E-state index in [0.29, 0.717) is 24.2 Å². The van der Waals surface area contributed by atoms with Crippen LogP contribution in [-0.2, 0) is 9.53 Å². The number of aryl methyl sites for hydroxylation is 1. The number of nitrogens with one attached hydrogen (secondary N) is 1. The van der Waals surface area contributed by atoms with E-state index in [4.69, 9.17) is 14.2 Å². The fourth-order valence-electron chi connectivity index (χ4n) is 4.57. The molecule has 1 saturated heterocycles. The topological polar surface area (TPSA) is 93.4 Å². The van der Waals surface area contributed by atoms with Crippen LogP contribution in [0.15, 0.2) is 16.8 Å². The average molecular weight is 428 g/mol. The highest BCUT2D eigenvalue weighted by Gasteiger charge is 2.28. The van der Waals surface area contributed by atoms with Crippen LogP contribution < -0.4 is 10.2 Å². The summed E-state index contributed by atoms with van der Waals surface area (Å²) in [6, 6.07) is 1.94. The standard InChI is InChI=1S/C23H33N5O3/c1-15-11-20(31-27-15)19-14-25-23(28(2)3)26-22(19)17-8-6-16(7-9-17)13-24-21(29)12-18-5-4-10-30-18/h11,14,16-18H,4-10,12-13H2,1-3H3,(H,24,29). The summed E-state index contributed by atoms with van der Waals surface area (Å²) in [6.07, 6.45) is 8.74. The second-order valence-corrected chi connectivity index (χ2v) is 9.06. The van der Waals surface area contributed by atoms with E-state index in [1.807, 2.05) is 38.2 Å². The summed E-state index contributed by atoms with van der Waals surface area (Å²) < 4.78 is 11.1. The number of rotatable bonds is 7. The summed E-state index contributed by atoms with van der Waals surface area (Å²) in [6.45, 7) is 3.45. The molecule has 8 nitrogen and oxygen atoms in total. The molecule has 8 heteroatoms. The second kappa shape index (κ2) is 9.77. The molecule has 3 heterocycles. The maximum Gasteiger partial charge on any atom is 0.225 e. The van der Waals surface area contributed by atoms with Crippen LogP contribution in [-0.4, -0.2) is 54.4 Å². The lowest BCUT2D eigenvalue weighted by Crippen LogP contribution is -2.33. The number of hydrogen-bond donors (Lipinski definition) is 1. The molecule has 2 aliphatic rings. The summed E-state index contributed by atoms with van der Waals surface area (Å²) in [5.74, 6) is 2.40. The molecule has 1 N–H and O–H groups in total. The van der Waals surface area contributed by atoms with Gasteiger partial charge in [0.1, 0.15) is 0 Å². The molecule has 1 saturated carbocycles. The summed E-state index contributed by atoms with van der Waals surface area (Å²) in [5.41, 5.74) is 2.82. The maximum absolute atomic E-state index is 12.2. The molecular formula is C23H33N5O3. The van der Waals surface area contributed by atoms with E-state index in [-0.39, 0.29) is 12.0 Å². The Morgan fingerprint density at radius 1 is 1.23 bits per heavy atom. The highest BCUT2D eigenvalue weighted by atomic mass is 16.5. The van der Waals surface area contributed by atoms with Gasteiger partial charge in [-0.25, -0.2) is 9.97 Å². The number of hydrogen-bond acceptors (Lipinski definition) is 7. The second-order valence-electron chi connectivity index (χ2n) is 9.06. The quantitative estimate of drug-likeness (QED) is 0.723. The Balaban J connectivity index is 1.37. The Morgan fingerprint density at radius 2 is 2.03 bits per heavy atom. The molecule has 2 fully saturated rings. The molecule has 1 aliphatic heterocycles. The number of aromatic nitrogens is 3. The monoisotopic (exact) mass is 427 g/mol. The van der Waals surface area contributed by atoms with Gasteiger partial charge in [-0.15, -0.1) is 0 Å². The Kier molecular flexibility index (Phi) is 6.85. The molecule has 0 aromatic carbocycles. The molecule has 2 aromatic heterocycles. The largest absolute Gasteiger partial charge is 0.378 e. The molecule has 0 spiro atoms. The summed E-state index contributed by atoms with van der Waals surface area (Å²) in [5, 5.41) is 7.16. The summed E-state index contributed by atoms with van der Waals surface area (Å²) in [7, 11) is 3.90. The molecule has 31 heavy (non-hydrogen) atoms. The predicted molar refractivity (Wildman–Crippen MR) is 118 cm³/mol. The van der Waals surface area contributed by atoms with Gasteiger partial charge in [-0.05, 0) is 51.4 Å². The van der Waals surface area contributed by atoms with Crippen LogP contribution in [0, 0.1) is 12.8 Å². The molecule has 1 unspecified atom stereocenters. The van der Waals surface area contributed by atoms with E-state index in [1.54, 1.807) is 0 Å². The van der Waals surface area contributed by atoms with Crippen molar-refractivity contribution < 1.29 is 14.1 Å². The minimum Gasteiger partial charge on any atom is -0.378 e. The van der Waals surface area contributed by atoms with Crippen molar-refractivity contribution in [2.24, 2.45) is 5.92 Å². The van der Waals surface area contributed by atoms with Crippen LogP contribution in [0.4, 0.5) is 5.95 Å². The molecule has 2 aromatic rings. The lowest BCUT2D eigenvalue weighted by molar-refractivity contribution is -0.123. The van der Waals surface area contributed by atoms with E-state index in [0.717, 1.165) is 74.4 Å². The van der Waals surface area contributed by atoms with Crippen molar-refractivity contribution >= 4 is 11.9 Å². The lowest BCUT2D eigenvalue weighted by atomic mass is 9.79. The molecule has 1 atom stereocenters. The zero-order valence-corrected chi connectivity index (χ0v) is 18.8. The summed E-state index contributed by atoms with van der Waals surface area (Å²) in [4.78, 5) is 23.5. The molecule has 4 rings (SSSR count). The first-order chi connectivity index (χ1) is 15.0. The van der Waals surface area contributed by atoms with Crippen molar-refractivity contribution in [3.05, 3.63) is 23.7 Å². The maximum atomic E-state index is 12.2. The Bertz CT molecular complexity index is 883. The van der Waals surface area contributed by atoms with Crippen LogP contribution >= 0.6 is 0 Å². The van der Waals surface area contributed by atoms with Gasteiger partial charge in [-0.1, -0.05) is 5.16 Å². The first kappa shape index (κ1) is 21.7. The molecule has 1 aliphatic carbocycles. The van der Waals surface area contributed by atoms with Gasteiger partial charge < -0.3 is 19.5 Å². The van der Waals surface area contributed by atoms with Gasteiger partial charge in [0.15, 0.2) is 5.76 Å². The van der Waals surface area contributed by atoms with E-state index in [9.17, 15) is 4.79 Å². The SMILES string of the molecule is Cc1cc(-c2cnc(N(C)C)nc2C2CCC(CNC(=O)CC3CCCO3)CC2)on1. The Morgan fingerprint density at radius 3 is 2.68 bits per heavy atom. The van der Waals surface area contributed by atoms with Crippen molar-refractivity contribution in [2.75, 3.05) is 32.1 Å². The summed E-state index contributed by atoms with van der Waals surface area (Å²) >= 11 is 0. The highest BCUT2D eigenvalue weighted by molar-refractivity contribution is 5.76. The first-order valence-electron chi connectivity index (χ1n) is 11.4. The van der Waals surface area contributed by atoms with Crippen molar-refractivity contribution in [1.82, 2.24) is 20.4 Å². The molecule has 0 radical (unpaired) electrons.